The van der Waals surface area contributed by atoms with Crippen molar-refractivity contribution in [2.75, 3.05) is 7.11 Å². The Kier molecular flexibility index (Phi) is 6.37. The first-order valence-electron chi connectivity index (χ1n) is 6.76. The van der Waals surface area contributed by atoms with Crippen LogP contribution >= 0.6 is 34.8 Å². The Morgan fingerprint density at radius 3 is 2.42 bits per heavy atom. The molecule has 0 radical (unpaired) electrons. The van der Waals surface area contributed by atoms with Gasteiger partial charge in [0.2, 0.25) is 0 Å². The van der Waals surface area contributed by atoms with Gasteiger partial charge in [0.25, 0.3) is 0 Å². The van der Waals surface area contributed by atoms with E-state index in [1.165, 1.54) is 25.3 Å². The van der Waals surface area contributed by atoms with E-state index in [1.807, 2.05) is 0 Å². The standard InChI is InChI=1S/C17H13Cl3O4/c1-23-15-4-2-10(3-5-16(21)22)6-11(15)9-24-17-13(19)7-12(18)8-14(17)20/h2-8H,9H2,1H3,(H,21,22). The molecule has 0 aliphatic heterocycles. The Morgan fingerprint density at radius 1 is 1.17 bits per heavy atom. The number of carboxylic acids is 1. The fraction of sp³-hybridized carbons (Fsp3) is 0.118. The minimum absolute atomic E-state index is 0.138. The van der Waals surface area contributed by atoms with E-state index in [0.717, 1.165) is 6.08 Å². The zero-order valence-electron chi connectivity index (χ0n) is 12.6. The van der Waals surface area contributed by atoms with Crippen molar-refractivity contribution in [2.45, 2.75) is 6.61 Å². The van der Waals surface area contributed by atoms with Gasteiger partial charge in [0.15, 0.2) is 5.75 Å². The maximum atomic E-state index is 10.6. The third-order valence-electron chi connectivity index (χ3n) is 3.06. The van der Waals surface area contributed by atoms with Crippen LogP contribution in [-0.2, 0) is 11.4 Å². The smallest absolute Gasteiger partial charge is 0.328 e. The van der Waals surface area contributed by atoms with Crippen LogP contribution in [0.4, 0.5) is 0 Å². The van der Waals surface area contributed by atoms with Gasteiger partial charge in [-0.05, 0) is 35.9 Å². The van der Waals surface area contributed by atoms with Crippen molar-refractivity contribution in [3.05, 3.63) is 62.6 Å². The van der Waals surface area contributed by atoms with Crippen LogP contribution in [0.25, 0.3) is 6.08 Å². The van der Waals surface area contributed by atoms with Crippen LogP contribution < -0.4 is 9.47 Å². The van der Waals surface area contributed by atoms with E-state index in [4.69, 9.17) is 49.4 Å². The molecule has 0 aliphatic carbocycles. The fourth-order valence-corrected chi connectivity index (χ4v) is 2.93. The van der Waals surface area contributed by atoms with Crippen molar-refractivity contribution in [3.63, 3.8) is 0 Å². The van der Waals surface area contributed by atoms with Crippen LogP contribution in [0.3, 0.4) is 0 Å². The van der Waals surface area contributed by atoms with Gasteiger partial charge in [-0.3, -0.25) is 0 Å². The minimum Gasteiger partial charge on any atom is -0.496 e. The summed E-state index contributed by atoms with van der Waals surface area (Å²) in [5.41, 5.74) is 1.41. The van der Waals surface area contributed by atoms with Crippen LogP contribution in [0, 0.1) is 0 Å². The van der Waals surface area contributed by atoms with E-state index in [0.29, 0.717) is 37.7 Å². The number of halogens is 3. The molecule has 2 aromatic rings. The Balaban J connectivity index is 2.25. The van der Waals surface area contributed by atoms with Gasteiger partial charge in [0.1, 0.15) is 12.4 Å². The van der Waals surface area contributed by atoms with Gasteiger partial charge in [-0.1, -0.05) is 40.9 Å². The number of carboxylic acid groups (broad SMARTS) is 1. The van der Waals surface area contributed by atoms with Crippen LogP contribution in [0.2, 0.25) is 15.1 Å². The maximum Gasteiger partial charge on any atom is 0.328 e. The Labute approximate surface area is 154 Å². The predicted molar refractivity (Wildman–Crippen MR) is 95.5 cm³/mol. The number of methoxy groups -OCH3 is 1. The number of benzene rings is 2. The Morgan fingerprint density at radius 2 is 1.83 bits per heavy atom. The average Bonchev–Trinajstić information content (AvgIpc) is 2.52. The number of ether oxygens (including phenoxy) is 2. The molecule has 0 bridgehead atoms. The molecule has 0 atom stereocenters. The molecule has 0 aromatic heterocycles. The first-order valence-corrected chi connectivity index (χ1v) is 7.89. The summed E-state index contributed by atoms with van der Waals surface area (Å²) in [7, 11) is 1.54. The van der Waals surface area contributed by atoms with E-state index in [2.05, 4.69) is 0 Å². The molecule has 7 heteroatoms. The highest BCUT2D eigenvalue weighted by molar-refractivity contribution is 6.40. The molecule has 0 heterocycles. The van der Waals surface area contributed by atoms with E-state index >= 15 is 0 Å². The fourth-order valence-electron chi connectivity index (χ4n) is 2.00. The minimum atomic E-state index is -1.02. The highest BCUT2D eigenvalue weighted by atomic mass is 35.5. The van der Waals surface area contributed by atoms with Crippen LogP contribution in [-0.4, -0.2) is 18.2 Å². The summed E-state index contributed by atoms with van der Waals surface area (Å²) in [6.45, 7) is 0.138. The SMILES string of the molecule is COc1ccc(C=CC(=O)O)cc1COc1c(Cl)cc(Cl)cc1Cl. The molecule has 0 saturated heterocycles. The van der Waals surface area contributed by atoms with Crippen molar-refractivity contribution in [1.82, 2.24) is 0 Å². The molecule has 2 aromatic carbocycles. The molecule has 0 amide bonds. The molecule has 1 N–H and O–H groups in total. The first-order chi connectivity index (χ1) is 11.4. The molecule has 4 nitrogen and oxygen atoms in total. The third-order valence-corrected chi connectivity index (χ3v) is 3.84. The summed E-state index contributed by atoms with van der Waals surface area (Å²) in [5.74, 6) is -0.108. The lowest BCUT2D eigenvalue weighted by molar-refractivity contribution is -0.131. The van der Waals surface area contributed by atoms with Gasteiger partial charge in [0.05, 0.1) is 17.2 Å². The van der Waals surface area contributed by atoms with Crippen molar-refractivity contribution in [2.24, 2.45) is 0 Å². The number of carbonyl (C=O) groups is 1. The summed E-state index contributed by atoms with van der Waals surface area (Å²) < 4.78 is 11.0. The first kappa shape index (κ1) is 18.5. The summed E-state index contributed by atoms with van der Waals surface area (Å²) in [4.78, 5) is 10.6. The lowest BCUT2D eigenvalue weighted by Crippen LogP contribution is -2.00. The Bertz CT molecular complexity index is 764. The van der Waals surface area contributed by atoms with Gasteiger partial charge in [-0.25, -0.2) is 4.79 Å². The summed E-state index contributed by atoms with van der Waals surface area (Å²) in [6.07, 6.45) is 2.53. The van der Waals surface area contributed by atoms with Gasteiger partial charge in [-0.15, -0.1) is 0 Å². The lowest BCUT2D eigenvalue weighted by Gasteiger charge is -2.13. The molecule has 126 valence electrons. The predicted octanol–water partition coefficient (Wildman–Crippen LogP) is 5.33. The zero-order chi connectivity index (χ0) is 17.7. The van der Waals surface area contributed by atoms with Gasteiger partial charge in [0, 0.05) is 16.7 Å². The Hall–Kier alpha value is -1.88. The maximum absolute atomic E-state index is 10.6. The van der Waals surface area contributed by atoms with E-state index in [1.54, 1.807) is 18.2 Å². The van der Waals surface area contributed by atoms with Crippen molar-refractivity contribution < 1.29 is 19.4 Å². The molecule has 2 rings (SSSR count). The van der Waals surface area contributed by atoms with E-state index in [-0.39, 0.29) is 6.61 Å². The quantitative estimate of drug-likeness (QED) is 0.680. The topological polar surface area (TPSA) is 55.8 Å². The second-order valence-electron chi connectivity index (χ2n) is 4.73. The second kappa shape index (κ2) is 8.29. The summed E-state index contributed by atoms with van der Waals surface area (Å²) in [6, 6.07) is 8.30. The van der Waals surface area contributed by atoms with Gasteiger partial charge >= 0.3 is 5.97 Å². The van der Waals surface area contributed by atoms with E-state index in [9.17, 15) is 4.79 Å². The molecule has 0 aliphatic rings. The normalized spacial score (nSPS) is 10.8. The van der Waals surface area contributed by atoms with Crippen molar-refractivity contribution in [3.8, 4) is 11.5 Å². The average molecular weight is 388 g/mol. The molecular weight excluding hydrogens is 375 g/mol. The highest BCUT2D eigenvalue weighted by Gasteiger charge is 2.11. The largest absolute Gasteiger partial charge is 0.496 e. The van der Waals surface area contributed by atoms with Crippen molar-refractivity contribution in [1.29, 1.82) is 0 Å². The molecule has 24 heavy (non-hydrogen) atoms. The van der Waals surface area contributed by atoms with Gasteiger partial charge < -0.3 is 14.6 Å². The summed E-state index contributed by atoms with van der Waals surface area (Å²) >= 11 is 18.0. The summed E-state index contributed by atoms with van der Waals surface area (Å²) in [5, 5.41) is 9.72. The molecule has 0 saturated carbocycles. The van der Waals surface area contributed by atoms with Crippen LogP contribution in [0.15, 0.2) is 36.4 Å². The molecule has 0 unspecified atom stereocenters. The highest BCUT2D eigenvalue weighted by Crippen LogP contribution is 2.36. The van der Waals surface area contributed by atoms with Crippen LogP contribution in [0.1, 0.15) is 11.1 Å². The monoisotopic (exact) mass is 386 g/mol. The van der Waals surface area contributed by atoms with Crippen LogP contribution in [0.5, 0.6) is 11.5 Å². The van der Waals surface area contributed by atoms with Crippen molar-refractivity contribution >= 4 is 46.8 Å². The number of aliphatic carboxylic acids is 1. The third kappa shape index (κ3) is 4.81. The van der Waals surface area contributed by atoms with E-state index < -0.39 is 5.97 Å². The van der Waals surface area contributed by atoms with Gasteiger partial charge in [-0.2, -0.15) is 0 Å². The second-order valence-corrected chi connectivity index (χ2v) is 5.98. The zero-order valence-corrected chi connectivity index (χ0v) is 14.8. The number of rotatable bonds is 6. The number of hydrogen-bond donors (Lipinski definition) is 1. The molecule has 0 fully saturated rings. The molecule has 0 spiro atoms. The lowest BCUT2D eigenvalue weighted by atomic mass is 10.1. The molecular formula is C17H13Cl3O4. The number of hydrogen-bond acceptors (Lipinski definition) is 3.